The number of nitriles is 1. The predicted octanol–water partition coefficient (Wildman–Crippen LogP) is 2.33. The van der Waals surface area contributed by atoms with Gasteiger partial charge in [-0.25, -0.2) is 0 Å². The summed E-state index contributed by atoms with van der Waals surface area (Å²) in [7, 11) is 0. The number of nitrogens with zero attached hydrogens (tertiary/aromatic N) is 1. The minimum absolute atomic E-state index is 0.0360. The third-order valence-corrected chi connectivity index (χ3v) is 3.47. The molecular weight excluding hydrogens is 162 g/mol. The highest BCUT2D eigenvalue weighted by Crippen LogP contribution is 2.40. The molecule has 74 valence electrons. The van der Waals surface area contributed by atoms with Crippen LogP contribution in [0.1, 0.15) is 39.5 Å². The van der Waals surface area contributed by atoms with E-state index in [0.29, 0.717) is 0 Å². The first-order chi connectivity index (χ1) is 6.13. The zero-order valence-corrected chi connectivity index (χ0v) is 8.58. The van der Waals surface area contributed by atoms with Crippen LogP contribution in [-0.4, -0.2) is 11.7 Å². The van der Waals surface area contributed by atoms with E-state index in [4.69, 9.17) is 10.4 Å². The molecule has 1 aliphatic carbocycles. The fourth-order valence-electron chi connectivity index (χ4n) is 2.16. The summed E-state index contributed by atoms with van der Waals surface area (Å²) in [4.78, 5) is 0. The second kappa shape index (κ2) is 4.11. The molecule has 0 saturated heterocycles. The average Bonchev–Trinajstić information content (AvgIpc) is 2.18. The van der Waals surface area contributed by atoms with Crippen LogP contribution in [0.25, 0.3) is 0 Å². The van der Waals surface area contributed by atoms with Gasteiger partial charge in [0.2, 0.25) is 0 Å². The van der Waals surface area contributed by atoms with Crippen molar-refractivity contribution < 1.29 is 5.11 Å². The summed E-state index contributed by atoms with van der Waals surface area (Å²) < 4.78 is 0. The second-order valence-corrected chi connectivity index (χ2v) is 4.63. The number of hydrogen-bond acceptors (Lipinski definition) is 2. The van der Waals surface area contributed by atoms with Gasteiger partial charge in [-0.1, -0.05) is 13.8 Å². The van der Waals surface area contributed by atoms with Crippen LogP contribution in [0.5, 0.6) is 0 Å². The van der Waals surface area contributed by atoms with Crippen molar-refractivity contribution in [1.29, 1.82) is 5.26 Å². The van der Waals surface area contributed by atoms with Crippen molar-refractivity contribution in [3.05, 3.63) is 0 Å². The lowest BCUT2D eigenvalue weighted by molar-refractivity contribution is 0.100. The number of rotatable bonds is 2. The monoisotopic (exact) mass is 181 g/mol. The average molecular weight is 181 g/mol. The summed E-state index contributed by atoms with van der Waals surface area (Å²) in [6.45, 7) is 4.51. The van der Waals surface area contributed by atoms with Gasteiger partial charge in [-0.05, 0) is 37.5 Å². The number of aliphatic hydroxyl groups is 1. The normalized spacial score (nSPS) is 34.5. The van der Waals surface area contributed by atoms with Crippen molar-refractivity contribution in [2.24, 2.45) is 17.3 Å². The van der Waals surface area contributed by atoms with Gasteiger partial charge in [0, 0.05) is 0 Å². The lowest BCUT2D eigenvalue weighted by Crippen LogP contribution is -2.31. The van der Waals surface area contributed by atoms with Gasteiger partial charge in [-0.15, -0.1) is 0 Å². The highest BCUT2D eigenvalue weighted by atomic mass is 16.3. The van der Waals surface area contributed by atoms with E-state index in [9.17, 15) is 0 Å². The first-order valence-corrected chi connectivity index (χ1v) is 5.16. The maximum Gasteiger partial charge on any atom is 0.0804 e. The summed E-state index contributed by atoms with van der Waals surface area (Å²) in [6, 6.07) is 2.28. The molecule has 1 rings (SSSR count). The molecule has 0 aromatic rings. The molecule has 0 bridgehead atoms. The van der Waals surface area contributed by atoms with Crippen LogP contribution in [0.15, 0.2) is 0 Å². The highest BCUT2D eigenvalue weighted by Gasteiger charge is 2.35. The molecular formula is C11H19NO. The van der Waals surface area contributed by atoms with Gasteiger partial charge < -0.3 is 5.11 Å². The zero-order chi connectivity index (χ0) is 9.90. The Morgan fingerprint density at radius 3 is 2.31 bits per heavy atom. The Hall–Kier alpha value is -0.550. The highest BCUT2D eigenvalue weighted by molar-refractivity contribution is 5.01. The first kappa shape index (κ1) is 10.5. The molecule has 0 atom stereocenters. The molecule has 2 nitrogen and oxygen atoms in total. The standard InChI is InChI=1S/C11H19NO/c1-9(2)10-3-5-11(7-12,8-13)6-4-10/h9-10,13H,3-6,8H2,1-2H3. The van der Waals surface area contributed by atoms with Crippen molar-refractivity contribution in [2.45, 2.75) is 39.5 Å². The van der Waals surface area contributed by atoms with Gasteiger partial charge in [0.15, 0.2) is 0 Å². The van der Waals surface area contributed by atoms with Gasteiger partial charge in [-0.3, -0.25) is 0 Å². The Morgan fingerprint density at radius 1 is 1.46 bits per heavy atom. The Balaban J connectivity index is 2.51. The molecule has 1 N–H and O–H groups in total. The zero-order valence-electron chi connectivity index (χ0n) is 8.58. The molecule has 0 amide bonds. The summed E-state index contributed by atoms with van der Waals surface area (Å²) >= 11 is 0. The molecule has 1 saturated carbocycles. The minimum Gasteiger partial charge on any atom is -0.395 e. The Bertz CT molecular complexity index is 197. The molecule has 0 radical (unpaired) electrons. The topological polar surface area (TPSA) is 44.0 Å². The fraction of sp³-hybridized carbons (Fsp3) is 0.909. The molecule has 2 heteroatoms. The first-order valence-electron chi connectivity index (χ1n) is 5.16. The Morgan fingerprint density at radius 2 is 2.00 bits per heavy atom. The van der Waals surface area contributed by atoms with E-state index in [-0.39, 0.29) is 6.61 Å². The van der Waals surface area contributed by atoms with Crippen LogP contribution in [0.2, 0.25) is 0 Å². The van der Waals surface area contributed by atoms with Crippen molar-refractivity contribution >= 4 is 0 Å². The van der Waals surface area contributed by atoms with Gasteiger partial charge in [0.05, 0.1) is 18.1 Å². The van der Waals surface area contributed by atoms with Gasteiger partial charge in [0.25, 0.3) is 0 Å². The Kier molecular flexibility index (Phi) is 3.33. The molecule has 1 fully saturated rings. The lowest BCUT2D eigenvalue weighted by atomic mass is 9.69. The molecule has 0 aliphatic heterocycles. The van der Waals surface area contributed by atoms with E-state index in [1.54, 1.807) is 0 Å². The maximum absolute atomic E-state index is 9.14. The molecule has 13 heavy (non-hydrogen) atoms. The number of aliphatic hydroxyl groups excluding tert-OH is 1. The van der Waals surface area contributed by atoms with Gasteiger partial charge >= 0.3 is 0 Å². The lowest BCUT2D eigenvalue weighted by Gasteiger charge is -2.35. The quantitative estimate of drug-likeness (QED) is 0.710. The van der Waals surface area contributed by atoms with E-state index >= 15 is 0 Å². The van der Waals surface area contributed by atoms with Crippen molar-refractivity contribution in [2.75, 3.05) is 6.61 Å². The van der Waals surface area contributed by atoms with Gasteiger partial charge in [0.1, 0.15) is 0 Å². The molecule has 0 spiro atoms. The van der Waals surface area contributed by atoms with Crippen LogP contribution in [0.3, 0.4) is 0 Å². The second-order valence-electron chi connectivity index (χ2n) is 4.63. The van der Waals surface area contributed by atoms with Crippen LogP contribution in [0.4, 0.5) is 0 Å². The maximum atomic E-state index is 9.14. The molecule has 1 aliphatic rings. The van der Waals surface area contributed by atoms with Crippen LogP contribution >= 0.6 is 0 Å². The van der Waals surface area contributed by atoms with E-state index in [2.05, 4.69) is 19.9 Å². The largest absolute Gasteiger partial charge is 0.395 e. The molecule has 0 heterocycles. The number of hydrogen-bond donors (Lipinski definition) is 1. The van der Waals surface area contributed by atoms with Gasteiger partial charge in [-0.2, -0.15) is 5.26 Å². The van der Waals surface area contributed by atoms with E-state index in [0.717, 1.165) is 37.5 Å². The van der Waals surface area contributed by atoms with Crippen LogP contribution in [0, 0.1) is 28.6 Å². The van der Waals surface area contributed by atoms with Crippen LogP contribution in [-0.2, 0) is 0 Å². The van der Waals surface area contributed by atoms with E-state index in [1.807, 2.05) is 0 Å². The smallest absolute Gasteiger partial charge is 0.0804 e. The summed E-state index contributed by atoms with van der Waals surface area (Å²) in [5.74, 6) is 1.48. The van der Waals surface area contributed by atoms with E-state index < -0.39 is 5.41 Å². The molecule has 0 unspecified atom stereocenters. The SMILES string of the molecule is CC(C)C1CCC(C#N)(CO)CC1. The summed E-state index contributed by atoms with van der Waals surface area (Å²) in [5.41, 5.74) is -0.411. The van der Waals surface area contributed by atoms with Crippen molar-refractivity contribution in [3.63, 3.8) is 0 Å². The Labute approximate surface area is 80.6 Å². The molecule has 0 aromatic carbocycles. The predicted molar refractivity (Wildman–Crippen MR) is 51.9 cm³/mol. The van der Waals surface area contributed by atoms with E-state index in [1.165, 1.54) is 0 Å². The van der Waals surface area contributed by atoms with Crippen molar-refractivity contribution in [3.8, 4) is 6.07 Å². The van der Waals surface area contributed by atoms with Crippen LogP contribution < -0.4 is 0 Å². The fourth-order valence-corrected chi connectivity index (χ4v) is 2.16. The van der Waals surface area contributed by atoms with Crippen molar-refractivity contribution in [1.82, 2.24) is 0 Å². The molecule has 0 aromatic heterocycles. The summed E-state index contributed by atoms with van der Waals surface area (Å²) in [6.07, 6.45) is 3.96. The third-order valence-electron chi connectivity index (χ3n) is 3.47. The minimum atomic E-state index is -0.411. The summed E-state index contributed by atoms with van der Waals surface area (Å²) in [5, 5.41) is 18.1. The third kappa shape index (κ3) is 2.22.